The molecule has 7 nitrogen and oxygen atoms in total. The summed E-state index contributed by atoms with van der Waals surface area (Å²) in [6.45, 7) is 3.80. The number of nitrogens with zero attached hydrogens (tertiary/aromatic N) is 5. The van der Waals surface area contributed by atoms with Crippen LogP contribution in [-0.2, 0) is 6.18 Å². The van der Waals surface area contributed by atoms with E-state index >= 15 is 0 Å². The highest BCUT2D eigenvalue weighted by Gasteiger charge is 2.31. The first kappa shape index (κ1) is 23.2. The highest BCUT2D eigenvalue weighted by atomic mass is 32.1. The second kappa shape index (κ2) is 8.88. The number of piperazine rings is 1. The van der Waals surface area contributed by atoms with Crippen LogP contribution in [0.5, 0.6) is 5.75 Å². The number of fused-ring (bicyclic) bond motifs is 1. The van der Waals surface area contributed by atoms with Crippen molar-refractivity contribution in [1.29, 1.82) is 0 Å². The lowest BCUT2D eigenvalue weighted by Gasteiger charge is -2.35. The zero-order valence-electron chi connectivity index (χ0n) is 19.0. The Bertz CT molecular complexity index is 1360. The van der Waals surface area contributed by atoms with E-state index in [0.29, 0.717) is 36.9 Å². The number of halogens is 3. The monoisotopic (exact) mass is 501 g/mol. The predicted molar refractivity (Wildman–Crippen MR) is 127 cm³/mol. The van der Waals surface area contributed by atoms with Gasteiger partial charge in [-0.15, -0.1) is 0 Å². The van der Waals surface area contributed by atoms with E-state index in [1.54, 1.807) is 12.0 Å². The number of pyridine rings is 1. The second-order valence-corrected chi connectivity index (χ2v) is 9.18. The molecule has 3 aromatic heterocycles. The van der Waals surface area contributed by atoms with Crippen LogP contribution >= 0.6 is 11.3 Å². The fourth-order valence-corrected chi connectivity index (χ4v) is 5.15. The molecule has 0 saturated carbocycles. The van der Waals surface area contributed by atoms with Gasteiger partial charge in [0, 0.05) is 49.8 Å². The Morgan fingerprint density at radius 2 is 1.77 bits per heavy atom. The zero-order valence-corrected chi connectivity index (χ0v) is 19.9. The number of aryl methyl sites for hydroxylation is 1. The van der Waals surface area contributed by atoms with Crippen molar-refractivity contribution >= 4 is 28.0 Å². The molecule has 0 unspecified atom stereocenters. The first-order valence-electron chi connectivity index (χ1n) is 10.9. The number of alkyl halides is 3. The molecule has 1 aliphatic heterocycles. The largest absolute Gasteiger partial charge is 0.497 e. The number of methoxy groups -OCH3 is 1. The molecule has 0 N–H and O–H groups in total. The summed E-state index contributed by atoms with van der Waals surface area (Å²) in [6.07, 6.45) is -1.64. The van der Waals surface area contributed by atoms with Crippen molar-refractivity contribution in [3.8, 4) is 17.0 Å². The summed E-state index contributed by atoms with van der Waals surface area (Å²) >= 11 is 1.35. The van der Waals surface area contributed by atoms with Crippen LogP contribution in [0.1, 0.15) is 20.9 Å². The fourth-order valence-electron chi connectivity index (χ4n) is 4.07. The topological polar surface area (TPSA) is 63.0 Å². The molecule has 1 saturated heterocycles. The summed E-state index contributed by atoms with van der Waals surface area (Å²) in [4.78, 5) is 26.9. The SMILES string of the molecule is COc1ccc(-c2cn3c(C)c(C(=O)N4CCN(c5ccc(C(F)(F)F)cn5)CC4)sc3n2)cc1. The number of amides is 1. The van der Waals surface area contributed by atoms with Crippen molar-refractivity contribution in [1.82, 2.24) is 19.3 Å². The number of aromatic nitrogens is 3. The smallest absolute Gasteiger partial charge is 0.417 e. The number of carbonyl (C=O) groups excluding carboxylic acids is 1. The normalized spacial score (nSPS) is 14.5. The minimum atomic E-state index is -4.41. The van der Waals surface area contributed by atoms with E-state index in [-0.39, 0.29) is 5.91 Å². The van der Waals surface area contributed by atoms with E-state index in [1.807, 2.05) is 46.7 Å². The molecule has 0 atom stereocenters. The van der Waals surface area contributed by atoms with Gasteiger partial charge in [-0.25, -0.2) is 9.97 Å². The maximum Gasteiger partial charge on any atom is 0.417 e. The van der Waals surface area contributed by atoms with Gasteiger partial charge in [0.25, 0.3) is 5.91 Å². The van der Waals surface area contributed by atoms with E-state index < -0.39 is 11.7 Å². The lowest BCUT2D eigenvalue weighted by atomic mass is 10.2. The van der Waals surface area contributed by atoms with Crippen LogP contribution in [-0.4, -0.2) is 58.5 Å². The van der Waals surface area contributed by atoms with Crippen LogP contribution < -0.4 is 9.64 Å². The lowest BCUT2D eigenvalue weighted by molar-refractivity contribution is -0.137. The van der Waals surface area contributed by atoms with E-state index in [0.717, 1.165) is 39.9 Å². The van der Waals surface area contributed by atoms with Gasteiger partial charge in [0.15, 0.2) is 4.96 Å². The maximum absolute atomic E-state index is 13.2. The van der Waals surface area contributed by atoms with Gasteiger partial charge < -0.3 is 14.5 Å². The average Bonchev–Trinajstić information content (AvgIpc) is 3.42. The van der Waals surface area contributed by atoms with Crippen LogP contribution in [0.25, 0.3) is 16.2 Å². The number of hydrogen-bond acceptors (Lipinski definition) is 6. The molecule has 0 radical (unpaired) electrons. The Balaban J connectivity index is 1.27. The molecule has 0 spiro atoms. The molecule has 5 rings (SSSR count). The van der Waals surface area contributed by atoms with Gasteiger partial charge in [0.05, 0.1) is 18.4 Å². The molecule has 1 aliphatic rings. The molecule has 0 bridgehead atoms. The second-order valence-electron chi connectivity index (χ2n) is 8.21. The van der Waals surface area contributed by atoms with Gasteiger partial charge >= 0.3 is 6.18 Å². The van der Waals surface area contributed by atoms with Crippen molar-refractivity contribution in [3.05, 3.63) is 64.9 Å². The Labute approximate surface area is 203 Å². The molecule has 1 amide bonds. The summed E-state index contributed by atoms with van der Waals surface area (Å²) in [5, 5.41) is 0. The molecule has 1 aromatic carbocycles. The van der Waals surface area contributed by atoms with Crippen molar-refractivity contribution in [3.63, 3.8) is 0 Å². The van der Waals surface area contributed by atoms with Crippen LogP contribution in [0.15, 0.2) is 48.8 Å². The van der Waals surface area contributed by atoms with Gasteiger partial charge in [-0.05, 0) is 43.3 Å². The van der Waals surface area contributed by atoms with Gasteiger partial charge in [0.2, 0.25) is 0 Å². The van der Waals surface area contributed by atoms with Gasteiger partial charge in [-0.3, -0.25) is 9.20 Å². The first-order chi connectivity index (χ1) is 16.7. The molecule has 182 valence electrons. The zero-order chi connectivity index (χ0) is 24.7. The minimum Gasteiger partial charge on any atom is -0.497 e. The predicted octanol–water partition coefficient (Wildman–Crippen LogP) is 4.76. The quantitative estimate of drug-likeness (QED) is 0.404. The Kier molecular flexibility index (Phi) is 5.87. The number of rotatable bonds is 4. The number of benzene rings is 1. The van der Waals surface area contributed by atoms with Crippen molar-refractivity contribution in [2.75, 3.05) is 38.2 Å². The molecular weight excluding hydrogens is 479 g/mol. The van der Waals surface area contributed by atoms with Crippen molar-refractivity contribution < 1.29 is 22.7 Å². The van der Waals surface area contributed by atoms with Crippen LogP contribution in [0.3, 0.4) is 0 Å². The summed E-state index contributed by atoms with van der Waals surface area (Å²) in [5.41, 5.74) is 1.83. The van der Waals surface area contributed by atoms with Crippen LogP contribution in [0, 0.1) is 6.92 Å². The third-order valence-corrected chi connectivity index (χ3v) is 7.25. The van der Waals surface area contributed by atoms with Crippen molar-refractivity contribution in [2.24, 2.45) is 0 Å². The van der Waals surface area contributed by atoms with Crippen LogP contribution in [0.4, 0.5) is 19.0 Å². The number of hydrogen-bond donors (Lipinski definition) is 0. The van der Waals surface area contributed by atoms with E-state index in [4.69, 9.17) is 9.72 Å². The summed E-state index contributed by atoms with van der Waals surface area (Å²) in [5.74, 6) is 1.18. The number of imidazole rings is 1. The minimum absolute atomic E-state index is 0.0657. The highest BCUT2D eigenvalue weighted by Crippen LogP contribution is 2.31. The number of thiazole rings is 1. The third kappa shape index (κ3) is 4.43. The highest BCUT2D eigenvalue weighted by molar-refractivity contribution is 7.19. The maximum atomic E-state index is 13.2. The molecule has 35 heavy (non-hydrogen) atoms. The Morgan fingerprint density at radius 1 is 1.06 bits per heavy atom. The van der Waals surface area contributed by atoms with Gasteiger partial charge in [-0.1, -0.05) is 11.3 Å². The molecule has 4 aromatic rings. The Hall–Kier alpha value is -3.60. The molecular formula is C24H22F3N5O2S. The molecule has 11 heteroatoms. The standard InChI is InChI=1S/C24H22F3N5O2S/c1-15-21(35-23-29-19(14-32(15)23)16-3-6-18(34-2)7-4-16)22(33)31-11-9-30(10-12-31)20-8-5-17(13-28-20)24(25,26)27/h3-8,13-14H,9-12H2,1-2H3. The Morgan fingerprint density at radius 3 is 2.34 bits per heavy atom. The van der Waals surface area contributed by atoms with Crippen molar-refractivity contribution in [2.45, 2.75) is 13.1 Å². The van der Waals surface area contributed by atoms with Gasteiger partial charge in [0.1, 0.15) is 16.4 Å². The van der Waals surface area contributed by atoms with Crippen LogP contribution in [0.2, 0.25) is 0 Å². The molecule has 0 aliphatic carbocycles. The summed E-state index contributed by atoms with van der Waals surface area (Å²) in [7, 11) is 1.62. The van der Waals surface area contributed by atoms with E-state index in [1.165, 1.54) is 17.4 Å². The summed E-state index contributed by atoms with van der Waals surface area (Å²) in [6, 6.07) is 10.0. The lowest BCUT2D eigenvalue weighted by Crippen LogP contribution is -2.49. The van der Waals surface area contributed by atoms with E-state index in [2.05, 4.69) is 4.98 Å². The average molecular weight is 502 g/mol. The molecule has 1 fully saturated rings. The third-order valence-electron chi connectivity index (χ3n) is 6.10. The van der Waals surface area contributed by atoms with Gasteiger partial charge in [-0.2, -0.15) is 13.2 Å². The summed E-state index contributed by atoms with van der Waals surface area (Å²) < 4.78 is 45.5. The number of anilines is 1. The number of carbonyl (C=O) groups is 1. The number of ether oxygens (including phenoxy) is 1. The fraction of sp³-hybridized carbons (Fsp3) is 0.292. The van der Waals surface area contributed by atoms with E-state index in [9.17, 15) is 18.0 Å². The molecule has 4 heterocycles. The first-order valence-corrected chi connectivity index (χ1v) is 11.8.